The highest BCUT2D eigenvalue weighted by Gasteiger charge is 2.22. The van der Waals surface area contributed by atoms with Gasteiger partial charge in [0.15, 0.2) is 0 Å². The second kappa shape index (κ2) is 9.49. The van der Waals surface area contributed by atoms with E-state index >= 15 is 0 Å². The van der Waals surface area contributed by atoms with Crippen LogP contribution in [-0.2, 0) is 0 Å². The Morgan fingerprint density at radius 1 is 0.857 bits per heavy atom. The molecule has 1 amide bonds. The van der Waals surface area contributed by atoms with Crippen molar-refractivity contribution in [1.29, 1.82) is 0 Å². The normalized spacial score (nSPS) is 10.8. The predicted molar refractivity (Wildman–Crippen MR) is 139 cm³/mol. The maximum absolute atomic E-state index is 13.5. The van der Waals surface area contributed by atoms with Gasteiger partial charge in [-0.3, -0.25) is 10.1 Å². The van der Waals surface area contributed by atoms with Crippen LogP contribution in [0.15, 0.2) is 101 Å². The Labute approximate surface area is 207 Å². The van der Waals surface area contributed by atoms with Gasteiger partial charge in [-0.15, -0.1) is 0 Å². The number of rotatable bonds is 5. The van der Waals surface area contributed by atoms with E-state index in [0.29, 0.717) is 38.9 Å². The molecule has 35 heavy (non-hydrogen) atoms. The van der Waals surface area contributed by atoms with Crippen molar-refractivity contribution in [1.82, 2.24) is 4.98 Å². The Hall–Kier alpha value is -4.35. The van der Waals surface area contributed by atoms with Crippen LogP contribution in [-0.4, -0.2) is 16.0 Å². The molecule has 0 aliphatic rings. The van der Waals surface area contributed by atoms with Gasteiger partial charge in [-0.1, -0.05) is 78.3 Å². The van der Waals surface area contributed by atoms with Crippen molar-refractivity contribution in [2.45, 2.75) is 6.92 Å². The van der Waals surface area contributed by atoms with Crippen LogP contribution in [0, 0.1) is 6.92 Å². The zero-order valence-corrected chi connectivity index (χ0v) is 19.6. The number of hydrogen-bond donors (Lipinski definition) is 2. The van der Waals surface area contributed by atoms with E-state index in [4.69, 9.17) is 16.0 Å². The van der Waals surface area contributed by atoms with E-state index in [9.17, 15) is 9.90 Å². The number of aromatic nitrogens is 1. The first kappa shape index (κ1) is 22.4. The fourth-order valence-electron chi connectivity index (χ4n) is 3.90. The van der Waals surface area contributed by atoms with Gasteiger partial charge in [0.05, 0.1) is 5.02 Å². The summed E-state index contributed by atoms with van der Waals surface area (Å²) in [6, 6.07) is 29.1. The number of anilines is 1. The molecule has 0 saturated carbocycles. The minimum atomic E-state index is -0.398. The van der Waals surface area contributed by atoms with Crippen LogP contribution in [0.25, 0.3) is 33.8 Å². The maximum atomic E-state index is 13.5. The summed E-state index contributed by atoms with van der Waals surface area (Å²) < 4.78 is 6.04. The van der Waals surface area contributed by atoms with E-state index in [1.54, 1.807) is 36.4 Å². The number of amides is 1. The summed E-state index contributed by atoms with van der Waals surface area (Å²) in [6.07, 6.45) is 0. The highest BCUT2D eigenvalue weighted by Crippen LogP contribution is 2.37. The molecule has 172 valence electrons. The summed E-state index contributed by atoms with van der Waals surface area (Å²) in [4.78, 5) is 18.1. The number of aromatic hydroxyl groups is 1. The summed E-state index contributed by atoms with van der Waals surface area (Å²) in [5, 5.41) is 13.9. The van der Waals surface area contributed by atoms with Crippen molar-refractivity contribution < 1.29 is 14.3 Å². The van der Waals surface area contributed by atoms with Crippen LogP contribution < -0.4 is 5.32 Å². The minimum absolute atomic E-state index is 0.105. The summed E-state index contributed by atoms with van der Waals surface area (Å²) in [5.74, 6) is 0.253. The second-order valence-electron chi connectivity index (χ2n) is 8.06. The zero-order chi connectivity index (χ0) is 24.4. The maximum Gasteiger partial charge on any atom is 0.258 e. The number of oxazole rings is 1. The van der Waals surface area contributed by atoms with Crippen LogP contribution in [0.3, 0.4) is 0 Å². The summed E-state index contributed by atoms with van der Waals surface area (Å²) in [7, 11) is 0. The lowest BCUT2D eigenvalue weighted by Gasteiger charge is -2.12. The van der Waals surface area contributed by atoms with Crippen molar-refractivity contribution in [3.05, 3.63) is 113 Å². The largest absolute Gasteiger partial charge is 0.507 e. The highest BCUT2D eigenvalue weighted by molar-refractivity contribution is 6.33. The molecule has 5 rings (SSSR count). The average molecular weight is 481 g/mol. The lowest BCUT2D eigenvalue weighted by atomic mass is 9.97. The van der Waals surface area contributed by atoms with Crippen molar-refractivity contribution in [3.63, 3.8) is 0 Å². The van der Waals surface area contributed by atoms with E-state index in [2.05, 4.69) is 10.3 Å². The van der Waals surface area contributed by atoms with Gasteiger partial charge in [0.2, 0.25) is 11.8 Å². The number of carbonyl (C=O) groups excluding carboxylic acids is 1. The van der Waals surface area contributed by atoms with Crippen molar-refractivity contribution in [3.8, 4) is 39.6 Å². The Balaban J connectivity index is 1.58. The average Bonchev–Trinajstić information content (AvgIpc) is 3.28. The number of hydrogen-bond acceptors (Lipinski definition) is 4. The molecule has 4 aromatic carbocycles. The fourth-order valence-corrected chi connectivity index (χ4v) is 4.13. The highest BCUT2D eigenvalue weighted by atomic mass is 35.5. The molecular formula is C29H21ClN2O3. The molecule has 0 radical (unpaired) electrons. The van der Waals surface area contributed by atoms with E-state index in [-0.39, 0.29) is 11.6 Å². The summed E-state index contributed by atoms with van der Waals surface area (Å²) >= 11 is 6.45. The topological polar surface area (TPSA) is 75.4 Å². The lowest BCUT2D eigenvalue weighted by molar-refractivity contribution is 0.102. The number of phenols is 1. The first-order valence-corrected chi connectivity index (χ1v) is 11.4. The first-order chi connectivity index (χ1) is 17.0. The Morgan fingerprint density at radius 2 is 1.54 bits per heavy atom. The lowest BCUT2D eigenvalue weighted by Crippen LogP contribution is -2.13. The fraction of sp³-hybridized carbons (Fsp3) is 0.0345. The summed E-state index contributed by atoms with van der Waals surface area (Å²) in [6.45, 7) is 1.90. The first-order valence-electron chi connectivity index (χ1n) is 11.0. The van der Waals surface area contributed by atoms with E-state index in [1.807, 2.05) is 67.6 Å². The van der Waals surface area contributed by atoms with Crippen LogP contribution in [0.5, 0.6) is 5.75 Å². The van der Waals surface area contributed by atoms with Gasteiger partial charge in [-0.25, -0.2) is 4.98 Å². The quantitative estimate of drug-likeness (QED) is 0.271. The Morgan fingerprint density at radius 3 is 2.29 bits per heavy atom. The SMILES string of the molecule is Cc1ccc(-c2ccccc2C(=O)Nc2oc(-c3ccccc3)nc2-c2ccccc2Cl)c(O)c1. The van der Waals surface area contributed by atoms with Gasteiger partial charge >= 0.3 is 0 Å². The van der Waals surface area contributed by atoms with Gasteiger partial charge in [0.25, 0.3) is 5.91 Å². The Kier molecular flexibility index (Phi) is 6.08. The number of nitrogens with zero attached hydrogens (tertiary/aromatic N) is 1. The van der Waals surface area contributed by atoms with E-state index < -0.39 is 5.91 Å². The molecule has 0 fully saturated rings. The predicted octanol–water partition coefficient (Wildman–Crippen LogP) is 7.60. The third-order valence-electron chi connectivity index (χ3n) is 5.62. The third kappa shape index (κ3) is 4.54. The molecule has 0 atom stereocenters. The minimum Gasteiger partial charge on any atom is -0.507 e. The molecule has 0 saturated heterocycles. The van der Waals surface area contributed by atoms with E-state index in [0.717, 1.165) is 11.1 Å². The number of aryl methyl sites for hydroxylation is 1. The van der Waals surface area contributed by atoms with Crippen LogP contribution in [0.2, 0.25) is 5.02 Å². The van der Waals surface area contributed by atoms with Gasteiger partial charge in [-0.2, -0.15) is 0 Å². The van der Waals surface area contributed by atoms with Crippen LogP contribution in [0.1, 0.15) is 15.9 Å². The molecule has 0 spiro atoms. The zero-order valence-electron chi connectivity index (χ0n) is 18.8. The van der Waals surface area contributed by atoms with Crippen LogP contribution in [0.4, 0.5) is 5.88 Å². The van der Waals surface area contributed by atoms with Gasteiger partial charge < -0.3 is 9.52 Å². The smallest absolute Gasteiger partial charge is 0.258 e. The number of nitrogens with one attached hydrogen (secondary N) is 1. The molecule has 0 aliphatic carbocycles. The molecule has 6 heteroatoms. The van der Waals surface area contributed by atoms with Crippen molar-refractivity contribution in [2.24, 2.45) is 0 Å². The molecule has 1 aromatic heterocycles. The number of phenolic OH excluding ortho intramolecular Hbond substituents is 1. The number of carbonyl (C=O) groups is 1. The van der Waals surface area contributed by atoms with Crippen molar-refractivity contribution in [2.75, 3.05) is 5.32 Å². The van der Waals surface area contributed by atoms with E-state index in [1.165, 1.54) is 0 Å². The van der Waals surface area contributed by atoms with Gasteiger partial charge in [0.1, 0.15) is 11.4 Å². The molecular weight excluding hydrogens is 460 g/mol. The molecule has 5 nitrogen and oxygen atoms in total. The standard InChI is InChI=1S/C29H21ClN2O3/c1-18-15-16-21(25(33)17-18)20-11-5-6-12-22(20)27(34)32-29-26(23-13-7-8-14-24(23)30)31-28(35-29)19-9-3-2-4-10-19/h2-17,33H,1H3,(H,32,34). The molecule has 0 aliphatic heterocycles. The molecule has 0 bridgehead atoms. The molecule has 0 unspecified atom stereocenters. The third-order valence-corrected chi connectivity index (χ3v) is 5.95. The van der Waals surface area contributed by atoms with Gasteiger partial charge in [0, 0.05) is 22.3 Å². The Bertz CT molecular complexity index is 1530. The monoisotopic (exact) mass is 480 g/mol. The van der Waals surface area contributed by atoms with Crippen molar-refractivity contribution >= 4 is 23.4 Å². The molecule has 2 N–H and O–H groups in total. The number of halogens is 1. The molecule has 5 aromatic rings. The van der Waals surface area contributed by atoms with Crippen LogP contribution >= 0.6 is 11.6 Å². The van der Waals surface area contributed by atoms with Gasteiger partial charge in [-0.05, 0) is 48.4 Å². The second-order valence-corrected chi connectivity index (χ2v) is 8.47. The number of benzene rings is 4. The summed E-state index contributed by atoms with van der Waals surface area (Å²) in [5.41, 5.74) is 4.31. The molecule has 1 heterocycles.